The molecule has 1 aliphatic heterocycles. The van der Waals surface area contributed by atoms with Gasteiger partial charge in [-0.25, -0.2) is 4.39 Å². The van der Waals surface area contributed by atoms with E-state index in [-0.39, 0.29) is 17.8 Å². The van der Waals surface area contributed by atoms with Gasteiger partial charge in [0.15, 0.2) is 5.96 Å². The number of rotatable bonds is 4. The predicted molar refractivity (Wildman–Crippen MR) is 106 cm³/mol. The van der Waals surface area contributed by atoms with Gasteiger partial charge < -0.3 is 15.5 Å². The molecule has 1 unspecified atom stereocenters. The number of aryl methyl sites for hydroxylation is 1. The number of hydrogen-bond acceptors (Lipinski definition) is 2. The van der Waals surface area contributed by atoms with Gasteiger partial charge in [0.25, 0.3) is 0 Å². The van der Waals surface area contributed by atoms with E-state index in [0.717, 1.165) is 37.9 Å². The van der Waals surface area contributed by atoms with Crippen molar-refractivity contribution < 1.29 is 9.18 Å². The summed E-state index contributed by atoms with van der Waals surface area (Å²) in [5.74, 6) is 1.10. The Morgan fingerprint density at radius 1 is 1.26 bits per heavy atom. The third-order valence-electron chi connectivity index (χ3n) is 5.70. The Labute approximate surface area is 161 Å². The monoisotopic (exact) mass is 374 g/mol. The number of carbonyl (C=O) groups is 1. The average molecular weight is 375 g/mol. The second-order valence-electron chi connectivity index (χ2n) is 7.76. The molecule has 1 atom stereocenters. The summed E-state index contributed by atoms with van der Waals surface area (Å²) in [6, 6.07) is 5.34. The molecule has 5 nitrogen and oxygen atoms in total. The van der Waals surface area contributed by atoms with Crippen LogP contribution in [0.1, 0.15) is 49.7 Å². The van der Waals surface area contributed by atoms with E-state index in [0.29, 0.717) is 24.0 Å². The molecule has 1 saturated heterocycles. The number of likely N-dealkylation sites (tertiary alicyclic amines) is 1. The zero-order chi connectivity index (χ0) is 19.2. The maximum absolute atomic E-state index is 13.4. The Balaban J connectivity index is 1.47. The number of hydrogen-bond donors (Lipinski definition) is 2. The van der Waals surface area contributed by atoms with E-state index in [1.807, 2.05) is 11.0 Å². The summed E-state index contributed by atoms with van der Waals surface area (Å²) >= 11 is 0. The summed E-state index contributed by atoms with van der Waals surface area (Å²) in [5.41, 5.74) is 1.65. The van der Waals surface area contributed by atoms with Crippen LogP contribution < -0.4 is 10.6 Å². The highest BCUT2D eigenvalue weighted by molar-refractivity contribution is 5.81. The van der Waals surface area contributed by atoms with Gasteiger partial charge in [-0.15, -0.1) is 0 Å². The Bertz CT molecular complexity index is 685. The van der Waals surface area contributed by atoms with Crippen LogP contribution in [0, 0.1) is 18.7 Å². The summed E-state index contributed by atoms with van der Waals surface area (Å²) in [6.07, 6.45) is 6.68. The molecule has 148 valence electrons. The van der Waals surface area contributed by atoms with Crippen LogP contribution in [0.3, 0.4) is 0 Å². The molecule has 0 bridgehead atoms. The molecule has 2 N–H and O–H groups in total. The van der Waals surface area contributed by atoms with Gasteiger partial charge in [0.2, 0.25) is 5.91 Å². The first-order chi connectivity index (χ1) is 13.1. The van der Waals surface area contributed by atoms with Gasteiger partial charge in [-0.05, 0) is 43.4 Å². The highest BCUT2D eigenvalue weighted by atomic mass is 19.1. The first-order valence-corrected chi connectivity index (χ1v) is 10.1. The largest absolute Gasteiger partial charge is 0.352 e. The lowest BCUT2D eigenvalue weighted by molar-refractivity contribution is -0.135. The van der Waals surface area contributed by atoms with Gasteiger partial charge in [-0.1, -0.05) is 31.4 Å². The standard InChI is InChI=1S/C21H31FN4O/c1-15-12-16(8-9-19(15)22)13-24-21(23-2)25-18-10-11-26(14-18)20(27)17-6-4-3-5-7-17/h8-9,12,17-18H,3-7,10-11,13-14H2,1-2H3,(H2,23,24,25). The molecule has 0 spiro atoms. The number of nitrogens with zero attached hydrogens (tertiary/aromatic N) is 2. The van der Waals surface area contributed by atoms with Crippen molar-refractivity contribution in [2.75, 3.05) is 20.1 Å². The zero-order valence-electron chi connectivity index (χ0n) is 16.4. The van der Waals surface area contributed by atoms with Crippen molar-refractivity contribution in [2.45, 2.75) is 58.0 Å². The summed E-state index contributed by atoms with van der Waals surface area (Å²) in [6.45, 7) is 3.91. The SMILES string of the molecule is CN=C(NCc1ccc(F)c(C)c1)NC1CCN(C(=O)C2CCCCC2)C1. The molecule has 1 amide bonds. The molecule has 1 saturated carbocycles. The highest BCUT2D eigenvalue weighted by Crippen LogP contribution is 2.26. The molecule has 6 heteroatoms. The number of carbonyl (C=O) groups excluding carboxylic acids is 1. The van der Waals surface area contributed by atoms with Crippen LogP contribution in [-0.2, 0) is 11.3 Å². The molecule has 1 heterocycles. The summed E-state index contributed by atoms with van der Waals surface area (Å²) < 4.78 is 13.4. The van der Waals surface area contributed by atoms with Crippen LogP contribution in [0.5, 0.6) is 0 Å². The second kappa shape index (κ2) is 9.20. The predicted octanol–water partition coefficient (Wildman–Crippen LogP) is 2.98. The van der Waals surface area contributed by atoms with Crippen molar-refractivity contribution in [3.05, 3.63) is 35.1 Å². The molecule has 3 rings (SSSR count). The van der Waals surface area contributed by atoms with Gasteiger partial charge in [0.1, 0.15) is 5.82 Å². The molecular formula is C21H31FN4O. The minimum absolute atomic E-state index is 0.185. The number of aliphatic imine (C=N–C) groups is 1. The summed E-state index contributed by atoms with van der Waals surface area (Å²) in [4.78, 5) is 19.0. The fourth-order valence-corrected chi connectivity index (χ4v) is 4.08. The van der Waals surface area contributed by atoms with E-state index < -0.39 is 0 Å². The molecule has 0 radical (unpaired) electrons. The minimum Gasteiger partial charge on any atom is -0.352 e. The Kier molecular flexibility index (Phi) is 6.69. The van der Waals surface area contributed by atoms with Gasteiger partial charge in [0, 0.05) is 38.6 Å². The molecule has 27 heavy (non-hydrogen) atoms. The molecule has 2 fully saturated rings. The normalized spacial score (nSPS) is 21.4. The lowest BCUT2D eigenvalue weighted by Gasteiger charge is -2.26. The molecular weight excluding hydrogens is 343 g/mol. The van der Waals surface area contributed by atoms with Gasteiger partial charge in [-0.2, -0.15) is 0 Å². The van der Waals surface area contributed by atoms with Crippen LogP contribution in [0.25, 0.3) is 0 Å². The number of nitrogens with one attached hydrogen (secondary N) is 2. The van der Waals surface area contributed by atoms with E-state index in [4.69, 9.17) is 0 Å². The van der Waals surface area contributed by atoms with Crippen LogP contribution in [-0.4, -0.2) is 42.9 Å². The lowest BCUT2D eigenvalue weighted by Crippen LogP contribution is -2.45. The third kappa shape index (κ3) is 5.21. The minimum atomic E-state index is -0.185. The molecule has 1 aromatic rings. The number of halogens is 1. The van der Waals surface area contributed by atoms with E-state index >= 15 is 0 Å². The second-order valence-corrected chi connectivity index (χ2v) is 7.76. The van der Waals surface area contributed by atoms with Gasteiger partial charge >= 0.3 is 0 Å². The molecule has 2 aliphatic rings. The van der Waals surface area contributed by atoms with Crippen LogP contribution in [0.2, 0.25) is 0 Å². The summed E-state index contributed by atoms with van der Waals surface area (Å²) in [7, 11) is 1.74. The van der Waals surface area contributed by atoms with E-state index in [1.165, 1.54) is 25.3 Å². The average Bonchev–Trinajstić information content (AvgIpc) is 3.16. The quantitative estimate of drug-likeness (QED) is 0.629. The molecule has 0 aromatic heterocycles. The van der Waals surface area contributed by atoms with Crippen molar-refractivity contribution >= 4 is 11.9 Å². The van der Waals surface area contributed by atoms with Gasteiger partial charge in [0.05, 0.1) is 0 Å². The summed E-state index contributed by atoms with van der Waals surface area (Å²) in [5, 5.41) is 6.70. The van der Waals surface area contributed by atoms with E-state index in [1.54, 1.807) is 20.0 Å². The number of amides is 1. The first kappa shape index (κ1) is 19.6. The van der Waals surface area contributed by atoms with Gasteiger partial charge in [-0.3, -0.25) is 9.79 Å². The first-order valence-electron chi connectivity index (χ1n) is 10.1. The maximum atomic E-state index is 13.4. The number of guanidine groups is 1. The highest BCUT2D eigenvalue weighted by Gasteiger charge is 2.31. The van der Waals surface area contributed by atoms with Crippen LogP contribution in [0.15, 0.2) is 23.2 Å². The molecule has 1 aliphatic carbocycles. The smallest absolute Gasteiger partial charge is 0.225 e. The third-order valence-corrected chi connectivity index (χ3v) is 5.70. The Hall–Kier alpha value is -2.11. The van der Waals surface area contributed by atoms with Crippen LogP contribution >= 0.6 is 0 Å². The van der Waals surface area contributed by atoms with E-state index in [9.17, 15) is 9.18 Å². The van der Waals surface area contributed by atoms with Crippen LogP contribution in [0.4, 0.5) is 4.39 Å². The van der Waals surface area contributed by atoms with Crippen molar-refractivity contribution in [1.82, 2.24) is 15.5 Å². The molecule has 1 aromatic carbocycles. The fourth-order valence-electron chi connectivity index (χ4n) is 4.08. The maximum Gasteiger partial charge on any atom is 0.225 e. The van der Waals surface area contributed by atoms with Crippen molar-refractivity contribution in [1.29, 1.82) is 0 Å². The zero-order valence-corrected chi connectivity index (χ0v) is 16.4. The fraction of sp³-hybridized carbons (Fsp3) is 0.619. The van der Waals surface area contributed by atoms with Crippen molar-refractivity contribution in [3.8, 4) is 0 Å². The topological polar surface area (TPSA) is 56.7 Å². The van der Waals surface area contributed by atoms with Crippen molar-refractivity contribution in [3.63, 3.8) is 0 Å². The Morgan fingerprint density at radius 2 is 2.04 bits per heavy atom. The Morgan fingerprint density at radius 3 is 2.74 bits per heavy atom. The van der Waals surface area contributed by atoms with E-state index in [2.05, 4.69) is 15.6 Å². The lowest BCUT2D eigenvalue weighted by atomic mass is 9.88. The van der Waals surface area contributed by atoms with Crippen molar-refractivity contribution in [2.24, 2.45) is 10.9 Å². The number of benzene rings is 1.